The number of carbonyl (C=O) groups excluding carboxylic acids is 1. The van der Waals surface area contributed by atoms with Crippen LogP contribution in [0.4, 0.5) is 0 Å². The SMILES string of the molecule is CCOc1ccccc1C(=O)N(C(C)CC)C(C)CC. The molecule has 3 heteroatoms. The Morgan fingerprint density at radius 2 is 1.65 bits per heavy atom. The summed E-state index contributed by atoms with van der Waals surface area (Å²) in [6, 6.07) is 7.96. The molecule has 2 atom stereocenters. The highest BCUT2D eigenvalue weighted by atomic mass is 16.5. The van der Waals surface area contributed by atoms with E-state index in [0.717, 1.165) is 12.8 Å². The van der Waals surface area contributed by atoms with Gasteiger partial charge in [0.15, 0.2) is 0 Å². The van der Waals surface area contributed by atoms with Crippen molar-refractivity contribution in [2.45, 2.75) is 59.5 Å². The maximum Gasteiger partial charge on any atom is 0.258 e. The van der Waals surface area contributed by atoms with E-state index in [0.29, 0.717) is 17.9 Å². The summed E-state index contributed by atoms with van der Waals surface area (Å²) in [5.41, 5.74) is 0.662. The van der Waals surface area contributed by atoms with Crippen molar-refractivity contribution in [3.8, 4) is 5.75 Å². The smallest absolute Gasteiger partial charge is 0.258 e. The van der Waals surface area contributed by atoms with Gasteiger partial charge in [-0.05, 0) is 45.7 Å². The number of nitrogens with zero attached hydrogens (tertiary/aromatic N) is 1. The molecule has 1 aromatic rings. The molecule has 1 rings (SSSR count). The van der Waals surface area contributed by atoms with Crippen molar-refractivity contribution in [2.24, 2.45) is 0 Å². The fraction of sp³-hybridized carbons (Fsp3) is 0.588. The van der Waals surface area contributed by atoms with Gasteiger partial charge in [0, 0.05) is 12.1 Å². The van der Waals surface area contributed by atoms with E-state index in [4.69, 9.17) is 4.74 Å². The number of amides is 1. The van der Waals surface area contributed by atoms with E-state index in [1.165, 1.54) is 0 Å². The molecule has 0 aromatic heterocycles. The van der Waals surface area contributed by atoms with Crippen LogP contribution in [0.2, 0.25) is 0 Å². The number of carbonyl (C=O) groups is 1. The maximum atomic E-state index is 12.9. The van der Waals surface area contributed by atoms with Gasteiger partial charge < -0.3 is 9.64 Å². The summed E-state index contributed by atoms with van der Waals surface area (Å²) in [6.45, 7) is 10.9. The number of rotatable bonds is 7. The van der Waals surface area contributed by atoms with Crippen LogP contribution in [-0.2, 0) is 0 Å². The van der Waals surface area contributed by atoms with Crippen LogP contribution in [-0.4, -0.2) is 29.5 Å². The van der Waals surface area contributed by atoms with Gasteiger partial charge in [-0.15, -0.1) is 0 Å². The van der Waals surface area contributed by atoms with E-state index in [-0.39, 0.29) is 18.0 Å². The Hall–Kier alpha value is -1.51. The summed E-state index contributed by atoms with van der Waals surface area (Å²) in [5, 5.41) is 0. The molecular weight excluding hydrogens is 250 g/mol. The van der Waals surface area contributed by atoms with E-state index in [9.17, 15) is 4.79 Å². The summed E-state index contributed by atoms with van der Waals surface area (Å²) >= 11 is 0. The molecule has 1 aromatic carbocycles. The fourth-order valence-corrected chi connectivity index (χ4v) is 2.29. The Morgan fingerprint density at radius 3 is 2.15 bits per heavy atom. The van der Waals surface area contributed by atoms with Gasteiger partial charge in [-0.1, -0.05) is 26.0 Å². The van der Waals surface area contributed by atoms with E-state index >= 15 is 0 Å². The van der Waals surface area contributed by atoms with Crippen LogP contribution < -0.4 is 4.74 Å². The Labute approximate surface area is 122 Å². The largest absolute Gasteiger partial charge is 0.493 e. The fourth-order valence-electron chi connectivity index (χ4n) is 2.29. The maximum absolute atomic E-state index is 12.9. The highest BCUT2D eigenvalue weighted by Gasteiger charge is 2.26. The molecule has 3 nitrogen and oxygen atoms in total. The highest BCUT2D eigenvalue weighted by Crippen LogP contribution is 2.23. The van der Waals surface area contributed by atoms with Crippen LogP contribution in [0.5, 0.6) is 5.75 Å². The Kier molecular flexibility index (Phi) is 6.56. The number of para-hydroxylation sites is 1. The third kappa shape index (κ3) is 3.75. The first-order valence-corrected chi connectivity index (χ1v) is 7.61. The molecule has 0 aliphatic heterocycles. The summed E-state index contributed by atoms with van der Waals surface area (Å²) in [6.07, 6.45) is 1.90. The van der Waals surface area contributed by atoms with Crippen molar-refractivity contribution in [1.82, 2.24) is 4.90 Å². The van der Waals surface area contributed by atoms with Crippen LogP contribution in [0.1, 0.15) is 57.8 Å². The minimum Gasteiger partial charge on any atom is -0.493 e. The lowest BCUT2D eigenvalue weighted by molar-refractivity contribution is 0.0594. The predicted octanol–water partition coefficient (Wildman–Crippen LogP) is 4.12. The second kappa shape index (κ2) is 7.93. The molecule has 1 amide bonds. The average Bonchev–Trinajstić information content (AvgIpc) is 2.47. The number of benzene rings is 1. The molecule has 0 spiro atoms. The van der Waals surface area contributed by atoms with Crippen LogP contribution >= 0.6 is 0 Å². The molecule has 0 saturated heterocycles. The van der Waals surface area contributed by atoms with Gasteiger partial charge in [-0.25, -0.2) is 0 Å². The van der Waals surface area contributed by atoms with E-state index in [1.807, 2.05) is 36.1 Å². The predicted molar refractivity (Wildman–Crippen MR) is 83.3 cm³/mol. The van der Waals surface area contributed by atoms with Crippen molar-refractivity contribution < 1.29 is 9.53 Å². The van der Waals surface area contributed by atoms with Gasteiger partial charge in [-0.3, -0.25) is 4.79 Å². The molecule has 112 valence electrons. The van der Waals surface area contributed by atoms with Crippen LogP contribution in [0.3, 0.4) is 0 Å². The summed E-state index contributed by atoms with van der Waals surface area (Å²) < 4.78 is 5.59. The third-order valence-electron chi connectivity index (χ3n) is 3.78. The van der Waals surface area contributed by atoms with E-state index in [1.54, 1.807) is 0 Å². The first kappa shape index (κ1) is 16.5. The quantitative estimate of drug-likeness (QED) is 0.750. The first-order chi connectivity index (χ1) is 9.56. The van der Waals surface area contributed by atoms with Gasteiger partial charge >= 0.3 is 0 Å². The second-order valence-electron chi connectivity index (χ2n) is 5.16. The van der Waals surface area contributed by atoms with Crippen molar-refractivity contribution in [1.29, 1.82) is 0 Å². The van der Waals surface area contributed by atoms with Crippen LogP contribution in [0.15, 0.2) is 24.3 Å². The molecule has 0 fully saturated rings. The van der Waals surface area contributed by atoms with Gasteiger partial charge in [0.1, 0.15) is 5.75 Å². The Morgan fingerprint density at radius 1 is 1.10 bits per heavy atom. The lowest BCUT2D eigenvalue weighted by Gasteiger charge is -2.34. The molecule has 0 aliphatic carbocycles. The van der Waals surface area contributed by atoms with E-state index in [2.05, 4.69) is 27.7 Å². The van der Waals surface area contributed by atoms with Crippen molar-refractivity contribution in [3.63, 3.8) is 0 Å². The van der Waals surface area contributed by atoms with Crippen molar-refractivity contribution in [2.75, 3.05) is 6.61 Å². The zero-order chi connectivity index (χ0) is 15.1. The monoisotopic (exact) mass is 277 g/mol. The molecule has 0 saturated carbocycles. The molecule has 0 N–H and O–H groups in total. The summed E-state index contributed by atoms with van der Waals surface area (Å²) in [7, 11) is 0. The molecular formula is C17H27NO2. The van der Waals surface area contributed by atoms with Crippen LogP contribution in [0, 0.1) is 0 Å². The van der Waals surface area contributed by atoms with E-state index < -0.39 is 0 Å². The van der Waals surface area contributed by atoms with Crippen molar-refractivity contribution in [3.05, 3.63) is 29.8 Å². The van der Waals surface area contributed by atoms with Crippen molar-refractivity contribution >= 4 is 5.91 Å². The zero-order valence-electron chi connectivity index (χ0n) is 13.3. The van der Waals surface area contributed by atoms with Gasteiger partial charge in [-0.2, -0.15) is 0 Å². The number of ether oxygens (including phenoxy) is 1. The van der Waals surface area contributed by atoms with Gasteiger partial charge in [0.05, 0.1) is 12.2 Å². The van der Waals surface area contributed by atoms with Gasteiger partial charge in [0.2, 0.25) is 0 Å². The number of hydrogen-bond acceptors (Lipinski definition) is 2. The average molecular weight is 277 g/mol. The zero-order valence-corrected chi connectivity index (χ0v) is 13.3. The molecule has 0 bridgehead atoms. The lowest BCUT2D eigenvalue weighted by atomic mass is 10.1. The minimum absolute atomic E-state index is 0.0674. The summed E-state index contributed by atoms with van der Waals surface area (Å²) in [4.78, 5) is 14.9. The molecule has 0 heterocycles. The topological polar surface area (TPSA) is 29.5 Å². The molecule has 2 unspecified atom stereocenters. The second-order valence-corrected chi connectivity index (χ2v) is 5.16. The minimum atomic E-state index is 0.0674. The Bertz CT molecular complexity index is 421. The molecule has 0 radical (unpaired) electrons. The third-order valence-corrected chi connectivity index (χ3v) is 3.78. The van der Waals surface area contributed by atoms with Gasteiger partial charge in [0.25, 0.3) is 5.91 Å². The Balaban J connectivity index is 3.12. The highest BCUT2D eigenvalue weighted by molar-refractivity contribution is 5.97. The lowest BCUT2D eigenvalue weighted by Crippen LogP contribution is -2.44. The normalized spacial score (nSPS) is 13.7. The molecule has 20 heavy (non-hydrogen) atoms. The summed E-state index contributed by atoms with van der Waals surface area (Å²) in [5.74, 6) is 0.745. The first-order valence-electron chi connectivity index (χ1n) is 7.61. The van der Waals surface area contributed by atoms with Crippen LogP contribution in [0.25, 0.3) is 0 Å². The molecule has 0 aliphatic rings. The standard InChI is InChI=1S/C17H27NO2/c1-6-13(4)18(14(5)7-2)17(19)15-11-9-10-12-16(15)20-8-3/h9-14H,6-8H2,1-5H3. The number of hydrogen-bond donors (Lipinski definition) is 0.